The van der Waals surface area contributed by atoms with Crippen LogP contribution in [0.1, 0.15) is 5.69 Å². The number of sulfonamides is 1. The van der Waals surface area contributed by atoms with Gasteiger partial charge >= 0.3 is 0 Å². The highest BCUT2D eigenvalue weighted by molar-refractivity contribution is 7.92. The van der Waals surface area contributed by atoms with Gasteiger partial charge in [0.1, 0.15) is 10.7 Å². The molecule has 0 radical (unpaired) electrons. The predicted molar refractivity (Wildman–Crippen MR) is 95.4 cm³/mol. The molecule has 0 amide bonds. The van der Waals surface area contributed by atoms with Crippen molar-refractivity contribution in [2.45, 2.75) is 11.8 Å². The zero-order chi connectivity index (χ0) is 18.1. The van der Waals surface area contributed by atoms with Crippen LogP contribution in [0.3, 0.4) is 0 Å². The largest absolute Gasteiger partial charge is 0.454 e. The fraction of sp³-hybridized carbons (Fsp3) is 0.353. The van der Waals surface area contributed by atoms with Crippen LogP contribution >= 0.6 is 0 Å². The van der Waals surface area contributed by atoms with Crippen LogP contribution in [-0.2, 0) is 14.8 Å². The molecule has 8 nitrogen and oxygen atoms in total. The average molecular weight is 377 g/mol. The molecule has 0 unspecified atom stereocenters. The van der Waals surface area contributed by atoms with Gasteiger partial charge < -0.3 is 19.1 Å². The molecule has 1 fully saturated rings. The Morgan fingerprint density at radius 2 is 1.92 bits per heavy atom. The maximum absolute atomic E-state index is 12.8. The molecule has 3 heterocycles. The second-order valence-electron chi connectivity index (χ2n) is 6.00. The molecule has 2 aliphatic heterocycles. The predicted octanol–water partition coefficient (Wildman–Crippen LogP) is 1.76. The second-order valence-corrected chi connectivity index (χ2v) is 7.65. The van der Waals surface area contributed by atoms with Crippen LogP contribution in [0.25, 0.3) is 0 Å². The molecule has 0 atom stereocenters. The van der Waals surface area contributed by atoms with Gasteiger partial charge in [0.25, 0.3) is 10.0 Å². The van der Waals surface area contributed by atoms with Crippen molar-refractivity contribution in [3.63, 3.8) is 0 Å². The molecule has 9 heteroatoms. The summed E-state index contributed by atoms with van der Waals surface area (Å²) in [4.78, 5) is 6.70. The number of anilines is 2. The number of rotatable bonds is 4. The van der Waals surface area contributed by atoms with Gasteiger partial charge in [-0.15, -0.1) is 0 Å². The van der Waals surface area contributed by atoms with Gasteiger partial charge in [-0.3, -0.25) is 4.72 Å². The number of para-hydroxylation sites is 1. The van der Waals surface area contributed by atoms with Gasteiger partial charge in [-0.05, 0) is 31.2 Å². The summed E-state index contributed by atoms with van der Waals surface area (Å²) in [6, 6.07) is 8.32. The van der Waals surface area contributed by atoms with Crippen LogP contribution < -0.4 is 19.1 Å². The first kappa shape index (κ1) is 16.9. The SMILES string of the molecule is Cc1nc(N2CCOCC2)ccc1NS(=O)(=O)c1cccc2c1OCO2. The number of nitrogens with zero attached hydrogens (tertiary/aromatic N) is 2. The summed E-state index contributed by atoms with van der Waals surface area (Å²) in [7, 11) is -3.83. The number of aromatic nitrogens is 1. The molecule has 1 aromatic heterocycles. The molecule has 4 rings (SSSR count). The maximum Gasteiger partial charge on any atom is 0.265 e. The number of aryl methyl sites for hydroxylation is 1. The van der Waals surface area contributed by atoms with E-state index in [1.54, 1.807) is 25.1 Å². The monoisotopic (exact) mass is 377 g/mol. The van der Waals surface area contributed by atoms with E-state index in [-0.39, 0.29) is 17.4 Å². The van der Waals surface area contributed by atoms with Crippen molar-refractivity contribution in [1.29, 1.82) is 0 Å². The van der Waals surface area contributed by atoms with Gasteiger partial charge in [0.05, 0.1) is 24.6 Å². The summed E-state index contributed by atoms with van der Waals surface area (Å²) in [5.74, 6) is 1.46. The van der Waals surface area contributed by atoms with Gasteiger partial charge in [0, 0.05) is 13.1 Å². The minimum absolute atomic E-state index is 0.0106. The lowest BCUT2D eigenvalue weighted by atomic mass is 10.3. The van der Waals surface area contributed by atoms with Crippen LogP contribution in [0.4, 0.5) is 11.5 Å². The Labute approximate surface area is 151 Å². The Bertz CT molecular complexity index is 926. The van der Waals surface area contributed by atoms with Crippen LogP contribution in [0.5, 0.6) is 11.5 Å². The smallest absolute Gasteiger partial charge is 0.265 e. The highest BCUT2D eigenvalue weighted by Gasteiger charge is 2.27. The summed E-state index contributed by atoms with van der Waals surface area (Å²) in [5.41, 5.74) is 1.03. The normalized spacial score (nSPS) is 16.6. The lowest BCUT2D eigenvalue weighted by Crippen LogP contribution is -2.36. The van der Waals surface area contributed by atoms with Crippen LogP contribution in [-0.4, -0.2) is 46.5 Å². The molecular weight excluding hydrogens is 358 g/mol. The Kier molecular flexibility index (Phi) is 4.33. The van der Waals surface area contributed by atoms with Gasteiger partial charge in [-0.1, -0.05) is 6.07 Å². The summed E-state index contributed by atoms with van der Waals surface area (Å²) in [6.45, 7) is 4.65. The van der Waals surface area contributed by atoms with Crippen molar-refractivity contribution < 1.29 is 22.6 Å². The van der Waals surface area contributed by atoms with E-state index >= 15 is 0 Å². The number of benzene rings is 1. The van der Waals surface area contributed by atoms with Crippen molar-refractivity contribution in [2.24, 2.45) is 0 Å². The average Bonchev–Trinajstić information content (AvgIpc) is 3.12. The highest BCUT2D eigenvalue weighted by atomic mass is 32.2. The van der Waals surface area contributed by atoms with Crippen molar-refractivity contribution in [1.82, 2.24) is 4.98 Å². The highest BCUT2D eigenvalue weighted by Crippen LogP contribution is 2.38. The summed E-state index contributed by atoms with van der Waals surface area (Å²) in [5, 5.41) is 0. The molecule has 0 saturated carbocycles. The minimum Gasteiger partial charge on any atom is -0.454 e. The molecule has 1 N–H and O–H groups in total. The fourth-order valence-electron chi connectivity index (χ4n) is 2.94. The van der Waals surface area contributed by atoms with E-state index in [0.717, 1.165) is 18.9 Å². The Hall–Kier alpha value is -2.52. The van der Waals surface area contributed by atoms with Gasteiger partial charge in [-0.25, -0.2) is 13.4 Å². The third-order valence-electron chi connectivity index (χ3n) is 4.30. The number of ether oxygens (including phenoxy) is 3. The molecule has 1 saturated heterocycles. The lowest BCUT2D eigenvalue weighted by molar-refractivity contribution is 0.122. The van der Waals surface area contributed by atoms with Gasteiger partial charge in [0.15, 0.2) is 11.5 Å². The minimum atomic E-state index is -3.83. The molecule has 1 aromatic carbocycles. The van der Waals surface area contributed by atoms with E-state index in [4.69, 9.17) is 14.2 Å². The third kappa shape index (κ3) is 3.15. The number of morpholine rings is 1. The first-order valence-corrected chi connectivity index (χ1v) is 9.75. The van der Waals surface area contributed by atoms with Crippen molar-refractivity contribution in [3.05, 3.63) is 36.0 Å². The molecular formula is C17H19N3O5S. The lowest BCUT2D eigenvalue weighted by Gasteiger charge is -2.28. The fourth-order valence-corrected chi connectivity index (χ4v) is 4.22. The molecule has 0 spiro atoms. The van der Waals surface area contributed by atoms with E-state index in [1.165, 1.54) is 6.07 Å². The van der Waals surface area contributed by atoms with Gasteiger partial charge in [0.2, 0.25) is 6.79 Å². The molecule has 0 aliphatic carbocycles. The number of nitrogens with one attached hydrogen (secondary N) is 1. The summed E-state index contributed by atoms with van der Waals surface area (Å²) >= 11 is 0. The zero-order valence-corrected chi connectivity index (χ0v) is 15.1. The van der Waals surface area contributed by atoms with Crippen LogP contribution in [0.2, 0.25) is 0 Å². The number of hydrogen-bond donors (Lipinski definition) is 1. The Morgan fingerprint density at radius 1 is 1.12 bits per heavy atom. The summed E-state index contributed by atoms with van der Waals surface area (Å²) < 4.78 is 44.1. The Morgan fingerprint density at radius 3 is 2.69 bits per heavy atom. The van der Waals surface area contributed by atoms with Crippen LogP contribution in [0, 0.1) is 6.92 Å². The van der Waals surface area contributed by atoms with E-state index in [1.807, 2.05) is 6.07 Å². The van der Waals surface area contributed by atoms with E-state index < -0.39 is 10.0 Å². The molecule has 138 valence electrons. The first-order chi connectivity index (χ1) is 12.5. The molecule has 2 aromatic rings. The topological polar surface area (TPSA) is 90.0 Å². The van der Waals surface area contributed by atoms with Crippen molar-refractivity contribution >= 4 is 21.5 Å². The molecule has 0 bridgehead atoms. The van der Waals surface area contributed by atoms with Gasteiger partial charge in [-0.2, -0.15) is 0 Å². The third-order valence-corrected chi connectivity index (χ3v) is 5.69. The standard InChI is InChI=1S/C17H19N3O5S/c1-12-13(5-6-16(18-12)20-7-9-23-10-8-20)19-26(21,22)15-4-2-3-14-17(15)25-11-24-14/h2-6,19H,7-11H2,1H3. The zero-order valence-electron chi connectivity index (χ0n) is 14.3. The van der Waals surface area contributed by atoms with E-state index in [9.17, 15) is 8.42 Å². The Balaban J connectivity index is 1.60. The second kappa shape index (κ2) is 6.65. The quantitative estimate of drug-likeness (QED) is 0.868. The van der Waals surface area contributed by atoms with Crippen molar-refractivity contribution in [3.8, 4) is 11.5 Å². The maximum atomic E-state index is 12.8. The summed E-state index contributed by atoms with van der Waals surface area (Å²) in [6.07, 6.45) is 0. The first-order valence-electron chi connectivity index (χ1n) is 8.26. The molecule has 26 heavy (non-hydrogen) atoms. The van der Waals surface area contributed by atoms with Crippen LogP contribution in [0.15, 0.2) is 35.2 Å². The number of hydrogen-bond acceptors (Lipinski definition) is 7. The molecule has 2 aliphatic rings. The number of pyridine rings is 1. The van der Waals surface area contributed by atoms with E-state index in [2.05, 4.69) is 14.6 Å². The van der Waals surface area contributed by atoms with E-state index in [0.29, 0.717) is 30.3 Å². The number of fused-ring (bicyclic) bond motifs is 1. The van der Waals surface area contributed by atoms with Crippen molar-refractivity contribution in [2.75, 3.05) is 42.7 Å².